The number of fused-ring (bicyclic) bond motifs is 3. The monoisotopic (exact) mass is 329 g/mol. The standard InChI is InChI=1S/C20H27NO3/c1-15-12-17(13-16(2)19(15)24-11-10-23-3)4-7-20(22)14-21-8-5-18(20)6-9-21/h12-13,18,22H,5-6,8-11,14H2,1-3H3. The molecule has 3 aliphatic rings. The molecule has 4 heteroatoms. The van der Waals surface area contributed by atoms with Crippen molar-refractivity contribution in [1.29, 1.82) is 0 Å². The van der Waals surface area contributed by atoms with Crippen molar-refractivity contribution in [2.75, 3.05) is 40.0 Å². The molecule has 24 heavy (non-hydrogen) atoms. The third-order valence-corrected chi connectivity index (χ3v) is 5.15. The van der Waals surface area contributed by atoms with E-state index in [1.54, 1.807) is 7.11 Å². The molecule has 1 N–H and O–H groups in total. The molecule has 4 rings (SSSR count). The van der Waals surface area contributed by atoms with Gasteiger partial charge in [-0.25, -0.2) is 0 Å². The van der Waals surface area contributed by atoms with Crippen LogP contribution in [0.2, 0.25) is 0 Å². The van der Waals surface area contributed by atoms with E-state index >= 15 is 0 Å². The van der Waals surface area contributed by atoms with Gasteiger partial charge in [0, 0.05) is 25.1 Å². The maximum atomic E-state index is 10.9. The van der Waals surface area contributed by atoms with Crippen molar-refractivity contribution >= 4 is 0 Å². The first kappa shape index (κ1) is 17.3. The van der Waals surface area contributed by atoms with Gasteiger partial charge < -0.3 is 14.6 Å². The van der Waals surface area contributed by atoms with Crippen LogP contribution in [0.3, 0.4) is 0 Å². The van der Waals surface area contributed by atoms with Crippen molar-refractivity contribution in [1.82, 2.24) is 4.90 Å². The lowest BCUT2D eigenvalue weighted by molar-refractivity contribution is -0.0713. The molecule has 1 atom stereocenters. The summed E-state index contributed by atoms with van der Waals surface area (Å²) in [7, 11) is 1.67. The Bertz CT molecular complexity index is 630. The van der Waals surface area contributed by atoms with Crippen LogP contribution in [0.15, 0.2) is 12.1 Å². The van der Waals surface area contributed by atoms with Crippen LogP contribution < -0.4 is 4.74 Å². The van der Waals surface area contributed by atoms with Crippen LogP contribution in [0.25, 0.3) is 0 Å². The van der Waals surface area contributed by atoms with Gasteiger partial charge in [-0.15, -0.1) is 0 Å². The number of ether oxygens (including phenoxy) is 2. The first-order valence-electron chi connectivity index (χ1n) is 8.73. The van der Waals surface area contributed by atoms with Crippen molar-refractivity contribution in [2.45, 2.75) is 32.3 Å². The van der Waals surface area contributed by atoms with Gasteiger partial charge in [-0.05, 0) is 63.0 Å². The van der Waals surface area contributed by atoms with E-state index in [0.717, 1.165) is 48.4 Å². The molecule has 0 aliphatic carbocycles. The van der Waals surface area contributed by atoms with Crippen LogP contribution in [0.4, 0.5) is 0 Å². The number of aryl methyl sites for hydroxylation is 2. The first-order valence-corrected chi connectivity index (χ1v) is 8.73. The molecule has 0 spiro atoms. The van der Waals surface area contributed by atoms with Gasteiger partial charge >= 0.3 is 0 Å². The molecule has 0 radical (unpaired) electrons. The topological polar surface area (TPSA) is 41.9 Å². The molecule has 3 aliphatic heterocycles. The fourth-order valence-electron chi connectivity index (χ4n) is 3.84. The van der Waals surface area contributed by atoms with E-state index in [4.69, 9.17) is 9.47 Å². The fraction of sp³-hybridized carbons (Fsp3) is 0.600. The molecule has 0 aromatic heterocycles. The lowest BCUT2D eigenvalue weighted by Gasteiger charge is -2.47. The van der Waals surface area contributed by atoms with Crippen LogP contribution in [-0.2, 0) is 4.74 Å². The summed E-state index contributed by atoms with van der Waals surface area (Å²) in [5, 5.41) is 10.9. The van der Waals surface area contributed by atoms with Crippen LogP contribution in [-0.4, -0.2) is 55.6 Å². The minimum absolute atomic E-state index is 0.314. The molecular formula is C20H27NO3. The van der Waals surface area contributed by atoms with Gasteiger partial charge in [-0.2, -0.15) is 0 Å². The number of hydrogen-bond acceptors (Lipinski definition) is 4. The van der Waals surface area contributed by atoms with Crippen molar-refractivity contribution < 1.29 is 14.6 Å². The summed E-state index contributed by atoms with van der Waals surface area (Å²) >= 11 is 0. The van der Waals surface area contributed by atoms with Crippen molar-refractivity contribution in [3.63, 3.8) is 0 Å². The first-order chi connectivity index (χ1) is 11.5. The van der Waals surface area contributed by atoms with Crippen molar-refractivity contribution in [2.24, 2.45) is 5.92 Å². The number of piperidine rings is 3. The summed E-state index contributed by atoms with van der Waals surface area (Å²) in [5.74, 6) is 7.60. The molecule has 1 aromatic rings. The maximum absolute atomic E-state index is 10.9. The van der Waals surface area contributed by atoms with Gasteiger partial charge in [0.25, 0.3) is 0 Å². The smallest absolute Gasteiger partial charge is 0.141 e. The highest BCUT2D eigenvalue weighted by Crippen LogP contribution is 2.35. The molecule has 0 saturated carbocycles. The molecule has 130 valence electrons. The van der Waals surface area contributed by atoms with Gasteiger partial charge in [-0.1, -0.05) is 11.8 Å². The van der Waals surface area contributed by atoms with E-state index < -0.39 is 5.60 Å². The van der Waals surface area contributed by atoms with E-state index in [2.05, 4.69) is 16.7 Å². The van der Waals surface area contributed by atoms with Crippen LogP contribution in [0.5, 0.6) is 5.75 Å². The van der Waals surface area contributed by atoms with E-state index in [1.807, 2.05) is 26.0 Å². The third kappa shape index (κ3) is 3.59. The Hall–Kier alpha value is -1.54. The number of methoxy groups -OCH3 is 1. The highest BCUT2D eigenvalue weighted by Gasteiger charge is 2.44. The summed E-state index contributed by atoms with van der Waals surface area (Å²) < 4.78 is 10.8. The SMILES string of the molecule is COCCOc1c(C)cc(C#CC2(O)CN3CCC2CC3)cc1C. The highest BCUT2D eigenvalue weighted by atomic mass is 16.5. The number of aliphatic hydroxyl groups is 1. The summed E-state index contributed by atoms with van der Waals surface area (Å²) in [4.78, 5) is 2.32. The lowest BCUT2D eigenvalue weighted by Crippen LogP contribution is -2.58. The molecule has 1 aromatic carbocycles. The molecule has 0 amide bonds. The lowest BCUT2D eigenvalue weighted by atomic mass is 9.76. The van der Waals surface area contributed by atoms with Crippen molar-refractivity contribution in [3.05, 3.63) is 28.8 Å². The number of hydrogen-bond donors (Lipinski definition) is 1. The normalized spacial score (nSPS) is 28.3. The third-order valence-electron chi connectivity index (χ3n) is 5.15. The quantitative estimate of drug-likeness (QED) is 0.679. The zero-order valence-electron chi connectivity index (χ0n) is 14.9. The molecule has 2 bridgehead atoms. The molecule has 3 saturated heterocycles. The van der Waals surface area contributed by atoms with Gasteiger partial charge in [0.05, 0.1) is 6.61 Å². The molecule has 4 nitrogen and oxygen atoms in total. The largest absolute Gasteiger partial charge is 0.491 e. The van der Waals surface area contributed by atoms with Gasteiger partial charge in [0.2, 0.25) is 0 Å². The fourth-order valence-corrected chi connectivity index (χ4v) is 3.84. The predicted octanol–water partition coefficient (Wildman–Crippen LogP) is 2.14. The Morgan fingerprint density at radius 2 is 1.88 bits per heavy atom. The molecule has 1 unspecified atom stereocenters. The summed E-state index contributed by atoms with van der Waals surface area (Å²) in [6.45, 7) is 8.06. The van der Waals surface area contributed by atoms with E-state index in [1.165, 1.54) is 0 Å². The van der Waals surface area contributed by atoms with Gasteiger partial charge in [0.1, 0.15) is 18.0 Å². The average molecular weight is 329 g/mol. The van der Waals surface area contributed by atoms with E-state index in [-0.39, 0.29) is 0 Å². The van der Waals surface area contributed by atoms with Crippen LogP contribution >= 0.6 is 0 Å². The molecular weight excluding hydrogens is 302 g/mol. The number of nitrogens with zero attached hydrogens (tertiary/aromatic N) is 1. The number of rotatable bonds is 4. The zero-order valence-corrected chi connectivity index (χ0v) is 14.9. The second kappa shape index (κ2) is 7.14. The summed E-state index contributed by atoms with van der Waals surface area (Å²) in [6, 6.07) is 4.07. The minimum Gasteiger partial charge on any atom is -0.491 e. The highest BCUT2D eigenvalue weighted by molar-refractivity contribution is 5.49. The Morgan fingerprint density at radius 3 is 2.42 bits per heavy atom. The van der Waals surface area contributed by atoms with Crippen LogP contribution in [0, 0.1) is 31.6 Å². The second-order valence-electron chi connectivity index (χ2n) is 7.01. The minimum atomic E-state index is -0.855. The summed E-state index contributed by atoms with van der Waals surface area (Å²) in [5.41, 5.74) is 2.22. The maximum Gasteiger partial charge on any atom is 0.141 e. The zero-order chi connectivity index (χ0) is 17.2. The predicted molar refractivity (Wildman–Crippen MR) is 94.3 cm³/mol. The van der Waals surface area contributed by atoms with E-state index in [9.17, 15) is 5.11 Å². The Labute approximate surface area is 144 Å². The van der Waals surface area contributed by atoms with Crippen LogP contribution in [0.1, 0.15) is 29.5 Å². The average Bonchev–Trinajstić information content (AvgIpc) is 2.56. The summed E-state index contributed by atoms with van der Waals surface area (Å²) in [6.07, 6.45) is 2.10. The Balaban J connectivity index is 1.77. The molecule has 3 heterocycles. The van der Waals surface area contributed by atoms with E-state index in [0.29, 0.717) is 25.7 Å². The van der Waals surface area contributed by atoms with Gasteiger partial charge in [0.15, 0.2) is 0 Å². The second-order valence-corrected chi connectivity index (χ2v) is 7.01. The molecule has 3 fully saturated rings. The Morgan fingerprint density at radius 1 is 1.21 bits per heavy atom. The number of benzene rings is 1. The Kier molecular flexibility index (Phi) is 5.15. The van der Waals surface area contributed by atoms with Gasteiger partial charge in [-0.3, -0.25) is 4.90 Å². The van der Waals surface area contributed by atoms with Crippen molar-refractivity contribution in [3.8, 4) is 17.6 Å².